The Balaban J connectivity index is 1.94. The summed E-state index contributed by atoms with van der Waals surface area (Å²) in [6.07, 6.45) is 0. The van der Waals surface area contributed by atoms with Gasteiger partial charge in [-0.15, -0.1) is 11.8 Å². The summed E-state index contributed by atoms with van der Waals surface area (Å²) in [5.41, 5.74) is 0. The molecule has 1 N–H and O–H groups in total. The first-order valence-electron chi connectivity index (χ1n) is 6.97. The Labute approximate surface area is 125 Å². The van der Waals surface area contributed by atoms with E-state index in [0.29, 0.717) is 11.7 Å². The Bertz CT molecular complexity index is 594. The van der Waals surface area contributed by atoms with E-state index in [9.17, 15) is 4.79 Å². The van der Waals surface area contributed by atoms with Crippen LogP contribution in [0.15, 0.2) is 47.4 Å². The van der Waals surface area contributed by atoms with Crippen molar-refractivity contribution >= 4 is 28.4 Å². The number of hydrogen-bond donors (Lipinski definition) is 1. The molecule has 0 bridgehead atoms. The molecule has 106 valence electrons. The average Bonchev–Trinajstić information content (AvgIpc) is 2.44. The van der Waals surface area contributed by atoms with Gasteiger partial charge in [0.15, 0.2) is 0 Å². The number of hydrogen-bond acceptors (Lipinski definition) is 2. The highest BCUT2D eigenvalue weighted by Gasteiger charge is 2.10. The summed E-state index contributed by atoms with van der Waals surface area (Å²) in [7, 11) is 0. The molecule has 2 rings (SSSR count). The summed E-state index contributed by atoms with van der Waals surface area (Å²) in [5.74, 6) is 1.03. The fourth-order valence-electron chi connectivity index (χ4n) is 1.87. The first-order chi connectivity index (χ1) is 9.56. The van der Waals surface area contributed by atoms with Crippen molar-refractivity contribution in [2.45, 2.75) is 31.7 Å². The second-order valence-corrected chi connectivity index (χ2v) is 6.45. The summed E-state index contributed by atoms with van der Waals surface area (Å²) in [6, 6.07) is 14.8. The van der Waals surface area contributed by atoms with Crippen LogP contribution in [-0.4, -0.2) is 17.7 Å². The summed E-state index contributed by atoms with van der Waals surface area (Å²) in [4.78, 5) is 13.0. The second-order valence-electron chi connectivity index (χ2n) is 5.40. The predicted octanol–water partition coefficient (Wildman–Crippen LogP) is 4.09. The van der Waals surface area contributed by atoms with Crippen molar-refractivity contribution in [3.63, 3.8) is 0 Å². The maximum absolute atomic E-state index is 11.9. The second kappa shape index (κ2) is 6.80. The summed E-state index contributed by atoms with van der Waals surface area (Å²) in [6.45, 7) is 6.27. The van der Waals surface area contributed by atoms with Crippen LogP contribution in [0.1, 0.15) is 20.8 Å². The van der Waals surface area contributed by atoms with Crippen molar-refractivity contribution in [3.05, 3.63) is 42.5 Å². The SMILES string of the molecule is CC(C)C(C)NC(=O)CSc1ccc2ccccc2c1. The maximum atomic E-state index is 11.9. The van der Waals surface area contributed by atoms with E-state index in [1.165, 1.54) is 10.8 Å². The van der Waals surface area contributed by atoms with Gasteiger partial charge in [0.1, 0.15) is 0 Å². The zero-order valence-electron chi connectivity index (χ0n) is 12.2. The summed E-state index contributed by atoms with van der Waals surface area (Å²) >= 11 is 1.59. The molecule has 1 atom stereocenters. The quantitative estimate of drug-likeness (QED) is 0.839. The van der Waals surface area contributed by atoms with Gasteiger partial charge in [-0.2, -0.15) is 0 Å². The van der Waals surface area contributed by atoms with E-state index in [2.05, 4.69) is 49.5 Å². The molecule has 1 amide bonds. The molecule has 2 nitrogen and oxygen atoms in total. The number of benzene rings is 2. The molecule has 2 aromatic rings. The number of thioether (sulfide) groups is 1. The maximum Gasteiger partial charge on any atom is 0.230 e. The molecule has 0 aliphatic carbocycles. The average molecular weight is 287 g/mol. The van der Waals surface area contributed by atoms with E-state index in [1.54, 1.807) is 11.8 Å². The molecule has 0 aliphatic rings. The lowest BCUT2D eigenvalue weighted by Gasteiger charge is -2.17. The predicted molar refractivity (Wildman–Crippen MR) is 87.1 cm³/mol. The summed E-state index contributed by atoms with van der Waals surface area (Å²) < 4.78 is 0. The molecule has 2 aromatic carbocycles. The Hall–Kier alpha value is -1.48. The van der Waals surface area contributed by atoms with Crippen LogP contribution in [0.3, 0.4) is 0 Å². The van der Waals surface area contributed by atoms with Crippen LogP contribution in [0, 0.1) is 5.92 Å². The minimum atomic E-state index is 0.101. The number of carbonyl (C=O) groups excluding carboxylic acids is 1. The third kappa shape index (κ3) is 4.01. The van der Waals surface area contributed by atoms with Crippen molar-refractivity contribution in [2.75, 3.05) is 5.75 Å². The molecular weight excluding hydrogens is 266 g/mol. The highest BCUT2D eigenvalue weighted by Crippen LogP contribution is 2.23. The number of nitrogens with one attached hydrogen (secondary N) is 1. The van der Waals surface area contributed by atoms with Crippen LogP contribution >= 0.6 is 11.8 Å². The molecule has 0 spiro atoms. The van der Waals surface area contributed by atoms with E-state index in [-0.39, 0.29) is 11.9 Å². The minimum Gasteiger partial charge on any atom is -0.353 e. The minimum absolute atomic E-state index is 0.101. The van der Waals surface area contributed by atoms with Crippen LogP contribution in [-0.2, 0) is 4.79 Å². The zero-order valence-corrected chi connectivity index (χ0v) is 13.0. The molecule has 20 heavy (non-hydrogen) atoms. The molecule has 0 saturated heterocycles. The van der Waals surface area contributed by atoms with Crippen LogP contribution < -0.4 is 5.32 Å². The van der Waals surface area contributed by atoms with Gasteiger partial charge in [0.25, 0.3) is 0 Å². The topological polar surface area (TPSA) is 29.1 Å². The molecular formula is C17H21NOS. The molecule has 1 unspecified atom stereocenters. The lowest BCUT2D eigenvalue weighted by molar-refractivity contribution is -0.119. The van der Waals surface area contributed by atoms with Crippen LogP contribution in [0.5, 0.6) is 0 Å². The third-order valence-corrected chi connectivity index (χ3v) is 4.47. The van der Waals surface area contributed by atoms with Crippen molar-refractivity contribution in [1.29, 1.82) is 0 Å². The first kappa shape index (κ1) is 14.9. The van der Waals surface area contributed by atoms with Crippen molar-refractivity contribution in [1.82, 2.24) is 5.32 Å². The van der Waals surface area contributed by atoms with E-state index < -0.39 is 0 Å². The van der Waals surface area contributed by atoms with Crippen LogP contribution in [0.2, 0.25) is 0 Å². The summed E-state index contributed by atoms with van der Waals surface area (Å²) in [5, 5.41) is 5.47. The lowest BCUT2D eigenvalue weighted by Crippen LogP contribution is -2.37. The largest absolute Gasteiger partial charge is 0.353 e. The van der Waals surface area contributed by atoms with E-state index in [0.717, 1.165) is 4.90 Å². The molecule has 0 saturated carbocycles. The fraction of sp³-hybridized carbons (Fsp3) is 0.353. The van der Waals surface area contributed by atoms with Crippen LogP contribution in [0.4, 0.5) is 0 Å². The van der Waals surface area contributed by atoms with Gasteiger partial charge in [-0.05, 0) is 35.7 Å². The van der Waals surface area contributed by atoms with E-state index >= 15 is 0 Å². The van der Waals surface area contributed by atoms with Gasteiger partial charge < -0.3 is 5.32 Å². The van der Waals surface area contributed by atoms with Gasteiger partial charge in [0.2, 0.25) is 5.91 Å². The van der Waals surface area contributed by atoms with Gasteiger partial charge in [0.05, 0.1) is 5.75 Å². The third-order valence-electron chi connectivity index (χ3n) is 3.48. The highest BCUT2D eigenvalue weighted by atomic mass is 32.2. The molecule has 0 aromatic heterocycles. The number of amides is 1. The Morgan fingerprint density at radius 2 is 1.80 bits per heavy atom. The lowest BCUT2D eigenvalue weighted by atomic mass is 10.1. The Kier molecular flexibility index (Phi) is 5.07. The van der Waals surface area contributed by atoms with Gasteiger partial charge >= 0.3 is 0 Å². The van der Waals surface area contributed by atoms with Gasteiger partial charge in [-0.25, -0.2) is 0 Å². The monoisotopic (exact) mass is 287 g/mol. The van der Waals surface area contributed by atoms with E-state index in [4.69, 9.17) is 0 Å². The standard InChI is InChI=1S/C17H21NOS/c1-12(2)13(3)18-17(19)11-20-16-9-8-14-6-4-5-7-15(14)10-16/h4-10,12-13H,11H2,1-3H3,(H,18,19). The molecule has 0 aliphatic heterocycles. The first-order valence-corrected chi connectivity index (χ1v) is 7.96. The van der Waals surface area contributed by atoms with Gasteiger partial charge in [0, 0.05) is 10.9 Å². The highest BCUT2D eigenvalue weighted by molar-refractivity contribution is 8.00. The number of fused-ring (bicyclic) bond motifs is 1. The zero-order chi connectivity index (χ0) is 14.5. The van der Waals surface area contributed by atoms with Gasteiger partial charge in [-0.1, -0.05) is 44.2 Å². The molecule has 3 heteroatoms. The van der Waals surface area contributed by atoms with Crippen molar-refractivity contribution < 1.29 is 4.79 Å². The Morgan fingerprint density at radius 3 is 2.50 bits per heavy atom. The normalized spacial score (nSPS) is 12.6. The number of rotatable bonds is 5. The molecule has 0 heterocycles. The smallest absolute Gasteiger partial charge is 0.230 e. The van der Waals surface area contributed by atoms with Crippen LogP contribution in [0.25, 0.3) is 10.8 Å². The fourth-order valence-corrected chi connectivity index (χ4v) is 2.62. The van der Waals surface area contributed by atoms with Gasteiger partial charge in [-0.3, -0.25) is 4.79 Å². The van der Waals surface area contributed by atoms with Crippen molar-refractivity contribution in [2.24, 2.45) is 5.92 Å². The number of carbonyl (C=O) groups is 1. The van der Waals surface area contributed by atoms with Crippen molar-refractivity contribution in [3.8, 4) is 0 Å². The Morgan fingerprint density at radius 1 is 1.10 bits per heavy atom. The molecule has 0 fully saturated rings. The van der Waals surface area contributed by atoms with E-state index in [1.807, 2.05) is 19.1 Å². The molecule has 0 radical (unpaired) electrons.